The van der Waals surface area contributed by atoms with Gasteiger partial charge in [0, 0.05) is 36.4 Å². The number of carbonyl (C=O) groups is 2. The van der Waals surface area contributed by atoms with E-state index in [2.05, 4.69) is 15.6 Å². The van der Waals surface area contributed by atoms with E-state index in [1.165, 1.54) is 23.3 Å². The standard InChI is InChI=1S/C36H35N7O4S/c1-41(2)27-17-15-26(16-18-27)37-36(45)35(25-14-19-31(46-3)32(20-25)47-4)42(21-33-38-29(23-48-33)24-10-6-5-7-11-24)34(44)22-43-30-13-9-8-12-28(30)39-40-43/h5-20,23,35H,21-22H2,1-4H3,(H,37,45)/t35-/m0/s1. The van der Waals surface area contributed by atoms with Crippen molar-refractivity contribution in [1.29, 1.82) is 0 Å². The van der Waals surface area contributed by atoms with E-state index < -0.39 is 11.9 Å². The van der Waals surface area contributed by atoms with Gasteiger partial charge in [0.1, 0.15) is 23.1 Å². The Morgan fingerprint density at radius 1 is 0.896 bits per heavy atom. The van der Waals surface area contributed by atoms with Crippen LogP contribution in [-0.2, 0) is 22.7 Å². The zero-order valence-electron chi connectivity index (χ0n) is 27.0. The Morgan fingerprint density at radius 2 is 1.62 bits per heavy atom. The molecule has 12 heteroatoms. The summed E-state index contributed by atoms with van der Waals surface area (Å²) in [7, 11) is 6.97. The van der Waals surface area contributed by atoms with Crippen LogP contribution in [0.2, 0.25) is 0 Å². The molecule has 1 N–H and O–H groups in total. The molecule has 0 saturated heterocycles. The summed E-state index contributed by atoms with van der Waals surface area (Å²) in [5.41, 5.74) is 5.23. The molecule has 0 aliphatic heterocycles. The number of rotatable bonds is 12. The van der Waals surface area contributed by atoms with Gasteiger partial charge in [0.25, 0.3) is 5.91 Å². The van der Waals surface area contributed by atoms with Crippen molar-refractivity contribution in [1.82, 2.24) is 24.9 Å². The van der Waals surface area contributed by atoms with E-state index in [0.29, 0.717) is 38.8 Å². The first kappa shape index (κ1) is 32.2. The van der Waals surface area contributed by atoms with Crippen molar-refractivity contribution in [3.63, 3.8) is 0 Å². The molecule has 2 aromatic heterocycles. The van der Waals surface area contributed by atoms with Crippen LogP contribution >= 0.6 is 11.3 Å². The second-order valence-electron chi connectivity index (χ2n) is 11.2. The molecule has 0 fully saturated rings. The van der Waals surface area contributed by atoms with Crippen LogP contribution in [0.3, 0.4) is 0 Å². The smallest absolute Gasteiger partial charge is 0.251 e. The van der Waals surface area contributed by atoms with Crippen molar-refractivity contribution in [2.75, 3.05) is 38.5 Å². The minimum atomic E-state index is -1.08. The van der Waals surface area contributed by atoms with Gasteiger partial charge in [0.05, 0.1) is 32.0 Å². The largest absolute Gasteiger partial charge is 0.493 e. The first-order valence-corrected chi connectivity index (χ1v) is 16.1. The molecule has 2 heterocycles. The predicted octanol–water partition coefficient (Wildman–Crippen LogP) is 6.05. The van der Waals surface area contributed by atoms with Crippen LogP contribution in [0.1, 0.15) is 16.6 Å². The van der Waals surface area contributed by atoms with Crippen LogP contribution in [0.5, 0.6) is 11.5 Å². The summed E-state index contributed by atoms with van der Waals surface area (Å²) in [6.45, 7) is -0.0823. The van der Waals surface area contributed by atoms with E-state index in [9.17, 15) is 9.59 Å². The molecule has 244 valence electrons. The van der Waals surface area contributed by atoms with Crippen LogP contribution in [0.15, 0.2) is 102 Å². The zero-order valence-corrected chi connectivity index (χ0v) is 27.8. The molecule has 6 rings (SSSR count). The highest BCUT2D eigenvalue weighted by Crippen LogP contribution is 2.34. The molecule has 48 heavy (non-hydrogen) atoms. The summed E-state index contributed by atoms with van der Waals surface area (Å²) in [4.78, 5) is 37.3. The third-order valence-electron chi connectivity index (χ3n) is 7.89. The maximum atomic E-state index is 14.5. The van der Waals surface area contributed by atoms with Crippen LogP contribution in [0, 0.1) is 0 Å². The van der Waals surface area contributed by atoms with E-state index in [0.717, 1.165) is 16.9 Å². The number of hydrogen-bond acceptors (Lipinski definition) is 9. The summed E-state index contributed by atoms with van der Waals surface area (Å²) in [5.74, 6) is 0.175. The molecule has 0 radical (unpaired) electrons. The SMILES string of the molecule is COc1ccc([C@@H](C(=O)Nc2ccc(N(C)C)cc2)N(Cc2nc(-c3ccccc3)cs2)C(=O)Cn2nnc3ccccc32)cc1OC. The molecule has 0 spiro atoms. The summed E-state index contributed by atoms with van der Waals surface area (Å²) in [5, 5.41) is 14.1. The number of methoxy groups -OCH3 is 2. The van der Waals surface area contributed by atoms with Gasteiger partial charge in [0.15, 0.2) is 11.5 Å². The fraction of sp³-hybridized carbons (Fsp3) is 0.194. The quantitative estimate of drug-likeness (QED) is 0.169. The Bertz CT molecular complexity index is 2030. The number of para-hydroxylation sites is 1. The molecular weight excluding hydrogens is 627 g/mol. The minimum absolute atomic E-state index is 0.0644. The van der Waals surface area contributed by atoms with Crippen LogP contribution in [0.4, 0.5) is 11.4 Å². The Hall–Kier alpha value is -5.75. The highest BCUT2D eigenvalue weighted by atomic mass is 32.1. The highest BCUT2D eigenvalue weighted by Gasteiger charge is 2.34. The fourth-order valence-corrected chi connectivity index (χ4v) is 6.20. The third-order valence-corrected chi connectivity index (χ3v) is 8.72. The van der Waals surface area contributed by atoms with Gasteiger partial charge in [-0.3, -0.25) is 9.59 Å². The maximum absolute atomic E-state index is 14.5. The maximum Gasteiger partial charge on any atom is 0.251 e. The normalized spacial score (nSPS) is 11.6. The Labute approximate surface area is 282 Å². The van der Waals surface area contributed by atoms with Crippen LogP contribution in [-0.4, -0.2) is 65.0 Å². The number of amides is 2. The highest BCUT2D eigenvalue weighted by molar-refractivity contribution is 7.09. The lowest BCUT2D eigenvalue weighted by molar-refractivity contribution is -0.140. The molecule has 1 atom stereocenters. The molecule has 0 bridgehead atoms. The first-order valence-electron chi connectivity index (χ1n) is 15.2. The fourth-order valence-electron chi connectivity index (χ4n) is 5.40. The van der Waals surface area contributed by atoms with Crippen molar-refractivity contribution >= 4 is 45.6 Å². The van der Waals surface area contributed by atoms with Crippen molar-refractivity contribution in [2.45, 2.75) is 19.1 Å². The molecule has 2 amide bonds. The molecular formula is C36H35N7O4S. The Morgan fingerprint density at radius 3 is 2.35 bits per heavy atom. The number of nitrogens with one attached hydrogen (secondary N) is 1. The van der Waals surface area contributed by atoms with Crippen LogP contribution < -0.4 is 19.7 Å². The lowest BCUT2D eigenvalue weighted by Crippen LogP contribution is -2.42. The second-order valence-corrected chi connectivity index (χ2v) is 12.1. The monoisotopic (exact) mass is 661 g/mol. The number of aromatic nitrogens is 4. The van der Waals surface area contributed by atoms with Gasteiger partial charge in [-0.25, -0.2) is 9.67 Å². The van der Waals surface area contributed by atoms with Crippen molar-refractivity contribution in [3.05, 3.63) is 113 Å². The summed E-state index contributed by atoms with van der Waals surface area (Å²) < 4.78 is 12.6. The summed E-state index contributed by atoms with van der Waals surface area (Å²) in [6.07, 6.45) is 0. The van der Waals surface area contributed by atoms with E-state index in [4.69, 9.17) is 14.5 Å². The topological polar surface area (TPSA) is 115 Å². The molecule has 6 aromatic rings. The van der Waals surface area contributed by atoms with Gasteiger partial charge >= 0.3 is 0 Å². The predicted molar refractivity (Wildman–Crippen MR) is 187 cm³/mol. The number of benzene rings is 4. The van der Waals surface area contributed by atoms with Gasteiger partial charge in [-0.15, -0.1) is 16.4 Å². The molecule has 0 saturated carbocycles. The van der Waals surface area contributed by atoms with Gasteiger partial charge in [-0.05, 0) is 54.1 Å². The molecule has 0 unspecified atom stereocenters. The average molecular weight is 662 g/mol. The number of fused-ring (bicyclic) bond motifs is 1. The molecule has 0 aliphatic rings. The van der Waals surface area contributed by atoms with E-state index in [1.807, 2.05) is 103 Å². The number of thiazole rings is 1. The van der Waals surface area contributed by atoms with E-state index in [1.54, 1.807) is 30.0 Å². The molecule has 4 aromatic carbocycles. The van der Waals surface area contributed by atoms with Gasteiger partial charge in [0.2, 0.25) is 5.91 Å². The number of nitrogens with zero attached hydrogens (tertiary/aromatic N) is 6. The minimum Gasteiger partial charge on any atom is -0.493 e. The van der Waals surface area contributed by atoms with Crippen molar-refractivity contribution < 1.29 is 19.1 Å². The third kappa shape index (κ3) is 6.98. The molecule has 0 aliphatic carbocycles. The van der Waals surface area contributed by atoms with Crippen LogP contribution in [0.25, 0.3) is 22.3 Å². The number of hydrogen-bond donors (Lipinski definition) is 1. The zero-order chi connectivity index (χ0) is 33.6. The van der Waals surface area contributed by atoms with Gasteiger partial charge in [-0.1, -0.05) is 53.7 Å². The Kier molecular flexibility index (Phi) is 9.62. The lowest BCUT2D eigenvalue weighted by Gasteiger charge is -2.31. The molecule has 11 nitrogen and oxygen atoms in total. The van der Waals surface area contributed by atoms with Gasteiger partial charge in [-0.2, -0.15) is 0 Å². The van der Waals surface area contributed by atoms with Crippen molar-refractivity contribution in [3.8, 4) is 22.8 Å². The number of carbonyl (C=O) groups excluding carboxylic acids is 2. The lowest BCUT2D eigenvalue weighted by atomic mass is 10.0. The average Bonchev–Trinajstić information content (AvgIpc) is 3.76. The van der Waals surface area contributed by atoms with Crippen molar-refractivity contribution in [2.24, 2.45) is 0 Å². The first-order chi connectivity index (χ1) is 23.3. The summed E-state index contributed by atoms with van der Waals surface area (Å²) in [6, 6.07) is 28.9. The number of anilines is 2. The summed E-state index contributed by atoms with van der Waals surface area (Å²) >= 11 is 1.43. The van der Waals surface area contributed by atoms with E-state index >= 15 is 0 Å². The number of ether oxygens (including phenoxy) is 2. The van der Waals surface area contributed by atoms with E-state index in [-0.39, 0.29) is 19.0 Å². The Balaban J connectivity index is 1.42. The second kappa shape index (κ2) is 14.3. The van der Waals surface area contributed by atoms with Gasteiger partial charge < -0.3 is 24.6 Å².